The summed E-state index contributed by atoms with van der Waals surface area (Å²) in [5.74, 6) is 0.164. The second kappa shape index (κ2) is 6.23. The standard InChI is InChI=1S/C14H19F3O/c1-3-4-10(2)13(18)9-11-5-7-12(8-6-11)14(15,16)17/h5-8,10,13,18H,3-4,9H2,1-2H3. The monoisotopic (exact) mass is 260 g/mol. The van der Waals surface area contributed by atoms with Crippen molar-refractivity contribution in [2.75, 3.05) is 0 Å². The van der Waals surface area contributed by atoms with E-state index in [1.165, 1.54) is 12.1 Å². The van der Waals surface area contributed by atoms with Gasteiger partial charge in [0.2, 0.25) is 0 Å². The summed E-state index contributed by atoms with van der Waals surface area (Å²) in [6.07, 6.45) is -2.49. The average molecular weight is 260 g/mol. The van der Waals surface area contributed by atoms with Crippen LogP contribution < -0.4 is 0 Å². The SMILES string of the molecule is CCCC(C)C(O)Cc1ccc(C(F)(F)F)cc1. The largest absolute Gasteiger partial charge is 0.416 e. The molecule has 0 fully saturated rings. The minimum absolute atomic E-state index is 0.164. The lowest BCUT2D eigenvalue weighted by atomic mass is 9.94. The van der Waals surface area contributed by atoms with Crippen molar-refractivity contribution in [3.63, 3.8) is 0 Å². The number of rotatable bonds is 5. The van der Waals surface area contributed by atoms with Gasteiger partial charge in [-0.3, -0.25) is 0 Å². The summed E-state index contributed by atoms with van der Waals surface area (Å²) < 4.78 is 37.1. The third kappa shape index (κ3) is 4.33. The van der Waals surface area contributed by atoms with Gasteiger partial charge in [-0.1, -0.05) is 32.4 Å². The third-order valence-electron chi connectivity index (χ3n) is 3.13. The molecule has 0 bridgehead atoms. The summed E-state index contributed by atoms with van der Waals surface area (Å²) >= 11 is 0. The Kier molecular flexibility index (Phi) is 5.20. The van der Waals surface area contributed by atoms with Crippen molar-refractivity contribution < 1.29 is 18.3 Å². The second-order valence-corrected chi connectivity index (χ2v) is 4.73. The molecule has 0 amide bonds. The molecule has 0 aliphatic rings. The van der Waals surface area contributed by atoms with Crippen molar-refractivity contribution in [2.45, 2.75) is 45.4 Å². The summed E-state index contributed by atoms with van der Waals surface area (Å²) in [7, 11) is 0. The third-order valence-corrected chi connectivity index (χ3v) is 3.13. The van der Waals surface area contributed by atoms with E-state index in [1.54, 1.807) is 0 Å². The van der Waals surface area contributed by atoms with E-state index in [2.05, 4.69) is 0 Å². The van der Waals surface area contributed by atoms with Crippen LogP contribution >= 0.6 is 0 Å². The Hall–Kier alpha value is -1.03. The zero-order valence-corrected chi connectivity index (χ0v) is 10.7. The predicted molar refractivity (Wildman–Crippen MR) is 65.2 cm³/mol. The van der Waals surface area contributed by atoms with Crippen molar-refractivity contribution in [3.8, 4) is 0 Å². The van der Waals surface area contributed by atoms with Gasteiger partial charge in [0.15, 0.2) is 0 Å². The Morgan fingerprint density at radius 3 is 2.17 bits per heavy atom. The molecule has 0 aliphatic heterocycles. The number of alkyl halides is 3. The van der Waals surface area contributed by atoms with Gasteiger partial charge >= 0.3 is 6.18 Å². The van der Waals surface area contributed by atoms with E-state index in [4.69, 9.17) is 0 Å². The van der Waals surface area contributed by atoms with Crippen LogP contribution in [0.3, 0.4) is 0 Å². The van der Waals surface area contributed by atoms with Gasteiger partial charge in [-0.05, 0) is 36.5 Å². The second-order valence-electron chi connectivity index (χ2n) is 4.73. The molecule has 4 heteroatoms. The number of aliphatic hydroxyl groups is 1. The van der Waals surface area contributed by atoms with Crippen LogP contribution in [0.15, 0.2) is 24.3 Å². The molecule has 0 spiro atoms. The van der Waals surface area contributed by atoms with Crippen LogP contribution in [0.25, 0.3) is 0 Å². The Morgan fingerprint density at radius 1 is 1.17 bits per heavy atom. The van der Waals surface area contributed by atoms with Crippen LogP contribution in [0.5, 0.6) is 0 Å². The highest BCUT2D eigenvalue weighted by Crippen LogP contribution is 2.29. The highest BCUT2D eigenvalue weighted by molar-refractivity contribution is 5.25. The molecule has 0 aromatic heterocycles. The van der Waals surface area contributed by atoms with Gasteiger partial charge in [-0.15, -0.1) is 0 Å². The minimum atomic E-state index is -4.30. The van der Waals surface area contributed by atoms with E-state index in [0.29, 0.717) is 6.42 Å². The fraction of sp³-hybridized carbons (Fsp3) is 0.571. The summed E-state index contributed by atoms with van der Waals surface area (Å²) in [5, 5.41) is 9.91. The molecule has 0 aliphatic carbocycles. The summed E-state index contributed by atoms with van der Waals surface area (Å²) in [5.41, 5.74) is 0.0841. The van der Waals surface area contributed by atoms with Crippen LogP contribution in [0.1, 0.15) is 37.8 Å². The van der Waals surface area contributed by atoms with Gasteiger partial charge in [0.1, 0.15) is 0 Å². The highest BCUT2D eigenvalue weighted by Gasteiger charge is 2.30. The normalized spacial score (nSPS) is 15.4. The molecule has 0 saturated heterocycles. The predicted octanol–water partition coefficient (Wildman–Crippen LogP) is 4.05. The van der Waals surface area contributed by atoms with Gasteiger partial charge in [0, 0.05) is 0 Å². The fourth-order valence-corrected chi connectivity index (χ4v) is 1.92. The Bertz CT molecular complexity index is 356. The van der Waals surface area contributed by atoms with Crippen molar-refractivity contribution in [1.82, 2.24) is 0 Å². The molecular weight excluding hydrogens is 241 g/mol. The summed E-state index contributed by atoms with van der Waals surface area (Å²) in [6.45, 7) is 4.00. The fourth-order valence-electron chi connectivity index (χ4n) is 1.92. The van der Waals surface area contributed by atoms with Crippen LogP contribution in [0, 0.1) is 5.92 Å². The number of halogens is 3. The van der Waals surface area contributed by atoms with Gasteiger partial charge < -0.3 is 5.11 Å². The maximum Gasteiger partial charge on any atom is 0.416 e. The molecule has 1 rings (SSSR count). The van der Waals surface area contributed by atoms with E-state index in [-0.39, 0.29) is 5.92 Å². The van der Waals surface area contributed by atoms with Gasteiger partial charge in [0.25, 0.3) is 0 Å². The molecule has 1 aromatic rings. The molecule has 102 valence electrons. The maximum absolute atomic E-state index is 12.4. The molecule has 0 heterocycles. The van der Waals surface area contributed by atoms with E-state index in [1.807, 2.05) is 13.8 Å². The molecule has 2 atom stereocenters. The average Bonchev–Trinajstić information content (AvgIpc) is 2.28. The maximum atomic E-state index is 12.4. The van der Waals surface area contributed by atoms with Crippen molar-refractivity contribution >= 4 is 0 Å². The van der Waals surface area contributed by atoms with Gasteiger partial charge in [-0.25, -0.2) is 0 Å². The molecule has 1 N–H and O–H groups in total. The number of benzene rings is 1. The highest BCUT2D eigenvalue weighted by atomic mass is 19.4. The first kappa shape index (κ1) is 15.0. The molecular formula is C14H19F3O. The molecule has 0 saturated carbocycles. The minimum Gasteiger partial charge on any atom is -0.393 e. The topological polar surface area (TPSA) is 20.2 Å². The lowest BCUT2D eigenvalue weighted by molar-refractivity contribution is -0.137. The Labute approximate surface area is 106 Å². The van der Waals surface area contributed by atoms with Crippen LogP contribution in [-0.4, -0.2) is 11.2 Å². The zero-order chi connectivity index (χ0) is 13.8. The van der Waals surface area contributed by atoms with Gasteiger partial charge in [0.05, 0.1) is 11.7 Å². The van der Waals surface area contributed by atoms with E-state index >= 15 is 0 Å². The lowest BCUT2D eigenvalue weighted by Crippen LogP contribution is -2.20. The summed E-state index contributed by atoms with van der Waals surface area (Å²) in [6, 6.07) is 4.99. The van der Waals surface area contributed by atoms with Crippen LogP contribution in [0.4, 0.5) is 13.2 Å². The van der Waals surface area contributed by atoms with Crippen molar-refractivity contribution in [3.05, 3.63) is 35.4 Å². The van der Waals surface area contributed by atoms with Crippen molar-refractivity contribution in [1.29, 1.82) is 0 Å². The number of aliphatic hydroxyl groups excluding tert-OH is 1. The van der Waals surface area contributed by atoms with Crippen molar-refractivity contribution in [2.24, 2.45) is 5.92 Å². The Morgan fingerprint density at radius 2 is 1.72 bits per heavy atom. The molecule has 1 nitrogen and oxygen atoms in total. The van der Waals surface area contributed by atoms with E-state index in [0.717, 1.165) is 30.5 Å². The first-order valence-electron chi connectivity index (χ1n) is 6.18. The zero-order valence-electron chi connectivity index (χ0n) is 10.7. The lowest BCUT2D eigenvalue weighted by Gasteiger charge is -2.18. The number of hydrogen-bond acceptors (Lipinski definition) is 1. The Balaban J connectivity index is 2.64. The first-order valence-corrected chi connectivity index (χ1v) is 6.18. The smallest absolute Gasteiger partial charge is 0.393 e. The molecule has 18 heavy (non-hydrogen) atoms. The van der Waals surface area contributed by atoms with E-state index in [9.17, 15) is 18.3 Å². The quantitative estimate of drug-likeness (QED) is 0.847. The first-order chi connectivity index (χ1) is 8.34. The summed E-state index contributed by atoms with van der Waals surface area (Å²) in [4.78, 5) is 0. The molecule has 1 aromatic carbocycles. The van der Waals surface area contributed by atoms with Crippen LogP contribution in [0.2, 0.25) is 0 Å². The van der Waals surface area contributed by atoms with Crippen LogP contribution in [-0.2, 0) is 12.6 Å². The number of hydrogen-bond donors (Lipinski definition) is 1. The molecule has 2 unspecified atom stereocenters. The molecule has 0 radical (unpaired) electrons. The van der Waals surface area contributed by atoms with Gasteiger partial charge in [-0.2, -0.15) is 13.2 Å². The van der Waals surface area contributed by atoms with E-state index < -0.39 is 17.8 Å².